The van der Waals surface area contributed by atoms with E-state index in [4.69, 9.17) is 14.6 Å². The first kappa shape index (κ1) is 8.90. The second kappa shape index (κ2) is 3.47. The van der Waals surface area contributed by atoms with Crippen LogP contribution in [0, 0.1) is 5.92 Å². The van der Waals surface area contributed by atoms with Crippen molar-refractivity contribution in [2.24, 2.45) is 5.92 Å². The van der Waals surface area contributed by atoms with E-state index in [-0.39, 0.29) is 12.5 Å². The maximum atomic E-state index is 13.1. The van der Waals surface area contributed by atoms with Crippen LogP contribution in [0.15, 0.2) is 0 Å². The molecule has 0 amide bonds. The lowest BCUT2D eigenvalue weighted by Crippen LogP contribution is -2.22. The van der Waals surface area contributed by atoms with Gasteiger partial charge in [0, 0.05) is 13.0 Å². The maximum absolute atomic E-state index is 13.1. The third kappa shape index (κ3) is 1.52. The highest BCUT2D eigenvalue weighted by Gasteiger charge is 2.41. The van der Waals surface area contributed by atoms with E-state index in [0.717, 1.165) is 0 Å². The van der Waals surface area contributed by atoms with Gasteiger partial charge in [-0.25, -0.2) is 4.39 Å². The number of hydrogen-bond donors (Lipinski definition) is 1. The molecule has 1 N–H and O–H groups in total. The Balaban J connectivity index is 2.53. The summed E-state index contributed by atoms with van der Waals surface area (Å²) in [6.45, 7) is 1.55. The molecule has 0 aromatic heterocycles. The van der Waals surface area contributed by atoms with Crippen LogP contribution in [0.25, 0.3) is 0 Å². The first-order chi connectivity index (χ1) is 5.20. The lowest BCUT2D eigenvalue weighted by Gasteiger charge is -2.09. The molecule has 1 heterocycles. The van der Waals surface area contributed by atoms with Crippen LogP contribution in [0.5, 0.6) is 0 Å². The molecule has 1 fully saturated rings. The third-order valence-electron chi connectivity index (χ3n) is 2.07. The molecular formula is C7H13FO3. The minimum absolute atomic E-state index is 0.151. The van der Waals surface area contributed by atoms with Gasteiger partial charge < -0.3 is 14.6 Å². The van der Waals surface area contributed by atoms with Crippen LogP contribution in [0.3, 0.4) is 0 Å². The molecule has 0 spiro atoms. The number of aliphatic hydroxyl groups excluding tert-OH is 1. The number of ether oxygens (including phenoxy) is 2. The van der Waals surface area contributed by atoms with Gasteiger partial charge in [0.15, 0.2) is 12.5 Å². The van der Waals surface area contributed by atoms with Gasteiger partial charge in [-0.05, 0) is 0 Å². The zero-order valence-electron chi connectivity index (χ0n) is 6.66. The monoisotopic (exact) mass is 164 g/mol. The largest absolute Gasteiger partial charge is 0.394 e. The van der Waals surface area contributed by atoms with Crippen molar-refractivity contribution in [3.05, 3.63) is 0 Å². The van der Waals surface area contributed by atoms with Gasteiger partial charge in [0.1, 0.15) is 0 Å². The quantitative estimate of drug-likeness (QED) is 0.639. The van der Waals surface area contributed by atoms with Gasteiger partial charge >= 0.3 is 0 Å². The molecule has 1 aliphatic rings. The smallest absolute Gasteiger partial charge is 0.189 e. The molecule has 0 radical (unpaired) electrons. The van der Waals surface area contributed by atoms with Crippen molar-refractivity contribution in [2.45, 2.75) is 25.5 Å². The van der Waals surface area contributed by atoms with Crippen LogP contribution in [-0.4, -0.2) is 37.4 Å². The Morgan fingerprint density at radius 2 is 2.27 bits per heavy atom. The summed E-state index contributed by atoms with van der Waals surface area (Å²) in [5, 5.41) is 8.72. The van der Waals surface area contributed by atoms with Crippen LogP contribution in [-0.2, 0) is 9.47 Å². The summed E-state index contributed by atoms with van der Waals surface area (Å²) in [6.07, 6.45) is -2.35. The zero-order valence-corrected chi connectivity index (χ0v) is 6.66. The van der Waals surface area contributed by atoms with Crippen molar-refractivity contribution in [3.63, 3.8) is 0 Å². The lowest BCUT2D eigenvalue weighted by molar-refractivity contribution is -0.141. The number of methoxy groups -OCH3 is 1. The van der Waals surface area contributed by atoms with Crippen molar-refractivity contribution in [3.8, 4) is 0 Å². The molecule has 4 atom stereocenters. The molecule has 0 saturated carbocycles. The molecule has 1 unspecified atom stereocenters. The fraction of sp³-hybridized carbons (Fsp3) is 1.00. The Kier molecular flexibility index (Phi) is 2.81. The van der Waals surface area contributed by atoms with E-state index in [2.05, 4.69) is 0 Å². The SMILES string of the molecule is COC1O[C@H](CO)[C@@H](C)[C@H]1F. The van der Waals surface area contributed by atoms with E-state index in [1.54, 1.807) is 6.92 Å². The standard InChI is InChI=1S/C7H13FO3/c1-4-5(3-9)11-7(10-2)6(4)8/h4-7,9H,3H2,1-2H3/t4-,5-,6-,7?/m1/s1. The van der Waals surface area contributed by atoms with Crippen LogP contribution in [0.4, 0.5) is 4.39 Å². The topological polar surface area (TPSA) is 38.7 Å². The molecule has 1 saturated heterocycles. The third-order valence-corrected chi connectivity index (χ3v) is 2.07. The van der Waals surface area contributed by atoms with Crippen LogP contribution in [0.2, 0.25) is 0 Å². The predicted molar refractivity (Wildman–Crippen MR) is 36.8 cm³/mol. The van der Waals surface area contributed by atoms with Gasteiger partial charge in [-0.3, -0.25) is 0 Å². The minimum Gasteiger partial charge on any atom is -0.394 e. The summed E-state index contributed by atoms with van der Waals surface area (Å²) in [5.74, 6) is -0.287. The van der Waals surface area contributed by atoms with Crippen LogP contribution in [0.1, 0.15) is 6.92 Å². The normalized spacial score (nSPS) is 44.7. The summed E-state index contributed by atoms with van der Waals surface area (Å²) in [6, 6.07) is 0. The van der Waals surface area contributed by atoms with E-state index in [9.17, 15) is 4.39 Å². The van der Waals surface area contributed by atoms with Gasteiger partial charge in [-0.2, -0.15) is 0 Å². The van der Waals surface area contributed by atoms with Gasteiger partial charge in [-0.1, -0.05) is 6.92 Å². The van der Waals surface area contributed by atoms with E-state index < -0.39 is 18.6 Å². The van der Waals surface area contributed by atoms with Crippen LogP contribution >= 0.6 is 0 Å². The highest BCUT2D eigenvalue weighted by molar-refractivity contribution is 4.83. The summed E-state index contributed by atoms with van der Waals surface area (Å²) in [7, 11) is 1.39. The summed E-state index contributed by atoms with van der Waals surface area (Å²) >= 11 is 0. The Bertz CT molecular complexity index is 113. The van der Waals surface area contributed by atoms with Gasteiger partial charge in [0.25, 0.3) is 0 Å². The molecule has 1 aliphatic heterocycles. The highest BCUT2D eigenvalue weighted by Crippen LogP contribution is 2.29. The number of aliphatic hydroxyl groups is 1. The average Bonchev–Trinajstić information content (AvgIpc) is 2.30. The zero-order chi connectivity index (χ0) is 8.43. The van der Waals surface area contributed by atoms with Crippen molar-refractivity contribution >= 4 is 0 Å². The molecule has 0 aromatic rings. The van der Waals surface area contributed by atoms with Crippen molar-refractivity contribution < 1.29 is 19.0 Å². The summed E-state index contributed by atoms with van der Waals surface area (Å²) in [4.78, 5) is 0. The Morgan fingerprint density at radius 1 is 1.64 bits per heavy atom. The fourth-order valence-corrected chi connectivity index (χ4v) is 1.22. The molecular weight excluding hydrogens is 151 g/mol. The summed E-state index contributed by atoms with van der Waals surface area (Å²) in [5.41, 5.74) is 0. The average molecular weight is 164 g/mol. The predicted octanol–water partition coefficient (Wildman–Crippen LogP) is 0.324. The second-order valence-electron chi connectivity index (χ2n) is 2.76. The number of alkyl halides is 1. The maximum Gasteiger partial charge on any atom is 0.189 e. The molecule has 11 heavy (non-hydrogen) atoms. The number of halogens is 1. The first-order valence-corrected chi connectivity index (χ1v) is 3.64. The van der Waals surface area contributed by atoms with Gasteiger partial charge in [0.05, 0.1) is 12.7 Å². The van der Waals surface area contributed by atoms with Gasteiger partial charge in [-0.15, -0.1) is 0 Å². The van der Waals surface area contributed by atoms with Crippen LogP contribution < -0.4 is 0 Å². The molecule has 0 aromatic carbocycles. The molecule has 1 rings (SSSR count). The first-order valence-electron chi connectivity index (χ1n) is 3.64. The number of rotatable bonds is 2. The van der Waals surface area contributed by atoms with E-state index >= 15 is 0 Å². The van der Waals surface area contributed by atoms with Crippen molar-refractivity contribution in [1.29, 1.82) is 0 Å². The molecule has 0 aliphatic carbocycles. The Hall–Kier alpha value is -0.190. The van der Waals surface area contributed by atoms with E-state index in [1.165, 1.54) is 7.11 Å². The summed E-state index contributed by atoms with van der Waals surface area (Å²) < 4.78 is 22.8. The molecule has 66 valence electrons. The van der Waals surface area contributed by atoms with Crippen molar-refractivity contribution in [1.82, 2.24) is 0 Å². The second-order valence-corrected chi connectivity index (χ2v) is 2.76. The van der Waals surface area contributed by atoms with E-state index in [1.807, 2.05) is 0 Å². The van der Waals surface area contributed by atoms with Gasteiger partial charge in [0.2, 0.25) is 0 Å². The number of hydrogen-bond acceptors (Lipinski definition) is 3. The minimum atomic E-state index is -1.13. The molecule has 4 heteroatoms. The van der Waals surface area contributed by atoms with E-state index in [0.29, 0.717) is 0 Å². The molecule has 3 nitrogen and oxygen atoms in total. The molecule has 0 bridgehead atoms. The Morgan fingerprint density at radius 3 is 2.55 bits per heavy atom. The van der Waals surface area contributed by atoms with Crippen molar-refractivity contribution in [2.75, 3.05) is 13.7 Å². The lowest BCUT2D eigenvalue weighted by atomic mass is 10.0. The Labute approximate surface area is 65.1 Å². The fourth-order valence-electron chi connectivity index (χ4n) is 1.22. The highest BCUT2D eigenvalue weighted by atomic mass is 19.1.